The first-order valence-corrected chi connectivity index (χ1v) is 7.49. The SMILES string of the molecule is ClCC1(NCc2cnc3ccccc3c2)CCCC1. The minimum Gasteiger partial charge on any atom is -0.306 e. The molecule has 2 nitrogen and oxygen atoms in total. The minimum absolute atomic E-state index is 0.146. The van der Waals surface area contributed by atoms with Crippen molar-refractivity contribution in [2.24, 2.45) is 0 Å². The van der Waals surface area contributed by atoms with Crippen molar-refractivity contribution in [3.8, 4) is 0 Å². The van der Waals surface area contributed by atoms with Gasteiger partial charge in [0.15, 0.2) is 0 Å². The van der Waals surface area contributed by atoms with Crippen molar-refractivity contribution in [1.82, 2.24) is 10.3 Å². The number of benzene rings is 1. The molecule has 1 aromatic heterocycles. The number of para-hydroxylation sites is 1. The molecule has 0 saturated heterocycles. The lowest BCUT2D eigenvalue weighted by molar-refractivity contribution is 0.368. The second kappa shape index (κ2) is 5.48. The van der Waals surface area contributed by atoms with Gasteiger partial charge in [0.2, 0.25) is 0 Å². The second-order valence-electron chi connectivity index (χ2n) is 5.51. The van der Waals surface area contributed by atoms with Crippen molar-refractivity contribution in [1.29, 1.82) is 0 Å². The number of pyridine rings is 1. The first-order chi connectivity index (χ1) is 9.31. The maximum Gasteiger partial charge on any atom is 0.0702 e. The summed E-state index contributed by atoms with van der Waals surface area (Å²) < 4.78 is 0. The van der Waals surface area contributed by atoms with Gasteiger partial charge in [-0.2, -0.15) is 0 Å². The largest absolute Gasteiger partial charge is 0.306 e. The van der Waals surface area contributed by atoms with Gasteiger partial charge in [0.1, 0.15) is 0 Å². The Kier molecular flexibility index (Phi) is 3.72. The number of fused-ring (bicyclic) bond motifs is 1. The molecule has 0 unspecified atom stereocenters. The number of hydrogen-bond acceptors (Lipinski definition) is 2. The first-order valence-electron chi connectivity index (χ1n) is 6.96. The summed E-state index contributed by atoms with van der Waals surface area (Å²) in [6, 6.07) is 10.4. The Balaban J connectivity index is 1.74. The molecule has 2 aromatic rings. The number of nitrogens with zero attached hydrogens (tertiary/aromatic N) is 1. The number of rotatable bonds is 4. The van der Waals surface area contributed by atoms with Crippen LogP contribution in [0.4, 0.5) is 0 Å². The van der Waals surface area contributed by atoms with E-state index in [1.54, 1.807) is 0 Å². The lowest BCUT2D eigenvalue weighted by Crippen LogP contribution is -2.43. The van der Waals surface area contributed by atoms with E-state index in [-0.39, 0.29) is 5.54 Å². The lowest BCUT2D eigenvalue weighted by atomic mass is 10.00. The molecule has 19 heavy (non-hydrogen) atoms. The van der Waals surface area contributed by atoms with Gasteiger partial charge < -0.3 is 5.32 Å². The van der Waals surface area contributed by atoms with Crippen molar-refractivity contribution in [2.45, 2.75) is 37.8 Å². The Morgan fingerprint density at radius 2 is 2.00 bits per heavy atom. The van der Waals surface area contributed by atoms with Gasteiger partial charge in [0.25, 0.3) is 0 Å². The summed E-state index contributed by atoms with van der Waals surface area (Å²) in [5.74, 6) is 0.702. The first kappa shape index (κ1) is 12.9. The molecular formula is C16H19ClN2. The number of hydrogen-bond donors (Lipinski definition) is 1. The molecule has 1 aliphatic carbocycles. The van der Waals surface area contributed by atoms with Gasteiger partial charge in [-0.15, -0.1) is 11.6 Å². The van der Waals surface area contributed by atoms with Crippen LogP contribution >= 0.6 is 11.6 Å². The molecule has 1 aromatic carbocycles. The van der Waals surface area contributed by atoms with E-state index in [9.17, 15) is 0 Å². The molecule has 0 bridgehead atoms. The predicted octanol–water partition coefficient (Wildman–Crippen LogP) is 3.88. The van der Waals surface area contributed by atoms with Crippen molar-refractivity contribution in [3.05, 3.63) is 42.1 Å². The number of nitrogens with one attached hydrogen (secondary N) is 1. The fraction of sp³-hybridized carbons (Fsp3) is 0.438. The molecule has 0 aliphatic heterocycles. The summed E-state index contributed by atoms with van der Waals surface area (Å²) in [4.78, 5) is 4.50. The predicted molar refractivity (Wildman–Crippen MR) is 80.5 cm³/mol. The van der Waals surface area contributed by atoms with Crippen LogP contribution < -0.4 is 5.32 Å². The van der Waals surface area contributed by atoms with E-state index in [2.05, 4.69) is 28.5 Å². The summed E-state index contributed by atoms with van der Waals surface area (Å²) in [6.07, 6.45) is 6.92. The van der Waals surface area contributed by atoms with Gasteiger partial charge in [-0.1, -0.05) is 31.0 Å². The third kappa shape index (κ3) is 2.75. The standard InChI is InChI=1S/C16H19ClN2/c17-12-16(7-3-4-8-16)19-11-13-9-14-5-1-2-6-15(14)18-10-13/h1-2,5-6,9-10,19H,3-4,7-8,11-12H2. The lowest BCUT2D eigenvalue weighted by Gasteiger charge is -2.28. The summed E-state index contributed by atoms with van der Waals surface area (Å²) in [6.45, 7) is 0.852. The van der Waals surface area contributed by atoms with Crippen LogP contribution in [0.5, 0.6) is 0 Å². The Bertz CT molecular complexity index is 561. The summed E-state index contributed by atoms with van der Waals surface area (Å²) in [5, 5.41) is 4.86. The zero-order valence-corrected chi connectivity index (χ0v) is 11.8. The molecular weight excluding hydrogens is 256 g/mol. The van der Waals surface area contributed by atoms with Gasteiger partial charge >= 0.3 is 0 Å². The van der Waals surface area contributed by atoms with Gasteiger partial charge in [-0.05, 0) is 30.5 Å². The Morgan fingerprint density at radius 1 is 1.21 bits per heavy atom. The van der Waals surface area contributed by atoms with E-state index in [0.717, 1.165) is 12.1 Å². The quantitative estimate of drug-likeness (QED) is 0.856. The highest BCUT2D eigenvalue weighted by atomic mass is 35.5. The summed E-state index contributed by atoms with van der Waals surface area (Å²) in [7, 11) is 0. The zero-order chi connectivity index (χ0) is 13.1. The van der Waals surface area contributed by atoms with Gasteiger partial charge in [0, 0.05) is 29.5 Å². The van der Waals surface area contributed by atoms with Gasteiger partial charge in [0.05, 0.1) is 5.52 Å². The highest BCUT2D eigenvalue weighted by Crippen LogP contribution is 2.31. The zero-order valence-electron chi connectivity index (χ0n) is 11.0. The molecule has 1 heterocycles. The highest BCUT2D eigenvalue weighted by Gasteiger charge is 2.32. The van der Waals surface area contributed by atoms with Crippen LogP contribution in [0, 0.1) is 0 Å². The summed E-state index contributed by atoms with van der Waals surface area (Å²) in [5.41, 5.74) is 2.43. The van der Waals surface area contributed by atoms with Crippen LogP contribution in [0.25, 0.3) is 10.9 Å². The Hall–Kier alpha value is -1.12. The fourth-order valence-corrected chi connectivity index (χ4v) is 3.27. The fourth-order valence-electron chi connectivity index (χ4n) is 2.91. The monoisotopic (exact) mass is 274 g/mol. The van der Waals surface area contributed by atoms with Crippen LogP contribution in [0.3, 0.4) is 0 Å². The Labute approximate surface area is 119 Å². The maximum absolute atomic E-state index is 6.15. The molecule has 100 valence electrons. The van der Waals surface area contributed by atoms with E-state index >= 15 is 0 Å². The average Bonchev–Trinajstić information content (AvgIpc) is 2.94. The molecule has 3 heteroatoms. The molecule has 0 atom stereocenters. The molecule has 0 spiro atoms. The van der Waals surface area contributed by atoms with E-state index < -0.39 is 0 Å². The smallest absolute Gasteiger partial charge is 0.0702 e. The average molecular weight is 275 g/mol. The van der Waals surface area contributed by atoms with Crippen molar-refractivity contribution >= 4 is 22.5 Å². The molecule has 3 rings (SSSR count). The molecule has 1 saturated carbocycles. The van der Waals surface area contributed by atoms with Crippen LogP contribution in [0.15, 0.2) is 36.5 Å². The van der Waals surface area contributed by atoms with E-state index in [0.29, 0.717) is 5.88 Å². The van der Waals surface area contributed by atoms with Crippen molar-refractivity contribution in [3.63, 3.8) is 0 Å². The van der Waals surface area contributed by atoms with Crippen molar-refractivity contribution < 1.29 is 0 Å². The van der Waals surface area contributed by atoms with Gasteiger partial charge in [-0.3, -0.25) is 4.98 Å². The normalized spacial score (nSPS) is 17.9. The topological polar surface area (TPSA) is 24.9 Å². The highest BCUT2D eigenvalue weighted by molar-refractivity contribution is 6.18. The number of halogens is 1. The van der Waals surface area contributed by atoms with Crippen molar-refractivity contribution in [2.75, 3.05) is 5.88 Å². The molecule has 0 radical (unpaired) electrons. The third-order valence-electron chi connectivity index (χ3n) is 4.13. The van der Waals surface area contributed by atoms with Crippen LogP contribution in [-0.2, 0) is 6.54 Å². The molecule has 1 N–H and O–H groups in total. The third-order valence-corrected chi connectivity index (χ3v) is 4.64. The number of aromatic nitrogens is 1. The molecule has 0 amide bonds. The second-order valence-corrected chi connectivity index (χ2v) is 5.78. The van der Waals surface area contributed by atoms with E-state index in [1.807, 2.05) is 18.3 Å². The Morgan fingerprint density at radius 3 is 2.79 bits per heavy atom. The van der Waals surface area contributed by atoms with Crippen LogP contribution in [0.1, 0.15) is 31.2 Å². The van der Waals surface area contributed by atoms with E-state index in [1.165, 1.54) is 36.6 Å². The summed E-state index contributed by atoms with van der Waals surface area (Å²) >= 11 is 6.15. The minimum atomic E-state index is 0.146. The number of alkyl halides is 1. The van der Waals surface area contributed by atoms with Crippen LogP contribution in [0.2, 0.25) is 0 Å². The van der Waals surface area contributed by atoms with Gasteiger partial charge in [-0.25, -0.2) is 0 Å². The molecule has 1 aliphatic rings. The molecule has 1 fully saturated rings. The van der Waals surface area contributed by atoms with E-state index in [4.69, 9.17) is 11.6 Å². The van der Waals surface area contributed by atoms with Crippen LogP contribution in [-0.4, -0.2) is 16.4 Å². The maximum atomic E-state index is 6.15.